The molecule has 0 bridgehead atoms. The fourth-order valence-corrected chi connectivity index (χ4v) is 3.47. The molecule has 1 aliphatic carbocycles. The van der Waals surface area contributed by atoms with Gasteiger partial charge in [-0.1, -0.05) is 27.7 Å². The predicted octanol–water partition coefficient (Wildman–Crippen LogP) is 2.37. The highest BCUT2D eigenvalue weighted by molar-refractivity contribution is 5.74. The Bertz CT molecular complexity index is 252. The predicted molar refractivity (Wildman–Crippen MR) is 62.9 cm³/mol. The molecule has 94 valence electrons. The molecule has 0 radical (unpaired) electrons. The Morgan fingerprint density at radius 2 is 1.69 bits per heavy atom. The molecule has 0 saturated heterocycles. The molecule has 0 amide bonds. The second-order valence-electron chi connectivity index (χ2n) is 6.64. The summed E-state index contributed by atoms with van der Waals surface area (Å²) in [6.07, 6.45) is 1.92. The molecular weight excluding hydrogens is 204 g/mol. The lowest BCUT2D eigenvalue weighted by atomic mass is 9.60. The number of hydrogen-bond acceptors (Lipinski definition) is 3. The number of carbonyl (C=O) groups excluding carboxylic acids is 1. The molecule has 1 unspecified atom stereocenters. The fourth-order valence-electron chi connectivity index (χ4n) is 3.47. The minimum atomic E-state index is -0.969. The van der Waals surface area contributed by atoms with Gasteiger partial charge in [0.15, 0.2) is 6.10 Å². The number of aliphatic hydroxyl groups excluding tert-OH is 1. The van der Waals surface area contributed by atoms with Gasteiger partial charge in [-0.15, -0.1) is 0 Å². The summed E-state index contributed by atoms with van der Waals surface area (Å²) in [5.41, 5.74) is 0.364. The van der Waals surface area contributed by atoms with Crippen LogP contribution in [0.1, 0.15) is 47.0 Å². The van der Waals surface area contributed by atoms with Crippen LogP contribution in [-0.2, 0) is 9.53 Å². The molecule has 3 nitrogen and oxygen atoms in total. The second-order valence-corrected chi connectivity index (χ2v) is 6.64. The van der Waals surface area contributed by atoms with Crippen molar-refractivity contribution in [2.24, 2.45) is 16.7 Å². The van der Waals surface area contributed by atoms with Crippen LogP contribution in [0.5, 0.6) is 0 Å². The van der Waals surface area contributed by atoms with Crippen LogP contribution in [0, 0.1) is 16.7 Å². The molecule has 0 aromatic heterocycles. The third-order valence-corrected chi connectivity index (χ3v) is 3.48. The lowest BCUT2D eigenvalue weighted by Crippen LogP contribution is -2.42. The minimum absolute atomic E-state index is 0.0196. The van der Waals surface area contributed by atoms with Crippen LogP contribution in [0.3, 0.4) is 0 Å². The summed E-state index contributed by atoms with van der Waals surface area (Å²) in [5.74, 6) is -0.482. The SMILES string of the molecule is COC(=O)C(O)C1CC(C)(C)CC(C)(C)C1. The van der Waals surface area contributed by atoms with Gasteiger partial charge in [-0.05, 0) is 36.0 Å². The van der Waals surface area contributed by atoms with Gasteiger partial charge >= 0.3 is 5.97 Å². The van der Waals surface area contributed by atoms with Gasteiger partial charge in [0.2, 0.25) is 0 Å². The van der Waals surface area contributed by atoms with Crippen molar-refractivity contribution in [3.8, 4) is 0 Å². The Balaban J connectivity index is 2.78. The molecule has 0 spiro atoms. The van der Waals surface area contributed by atoms with E-state index in [1.54, 1.807) is 0 Å². The number of carbonyl (C=O) groups is 1. The summed E-state index contributed by atoms with van der Waals surface area (Å²) >= 11 is 0. The summed E-state index contributed by atoms with van der Waals surface area (Å²) in [6, 6.07) is 0. The maximum atomic E-state index is 11.4. The number of methoxy groups -OCH3 is 1. The van der Waals surface area contributed by atoms with Crippen LogP contribution in [0.4, 0.5) is 0 Å². The van der Waals surface area contributed by atoms with Gasteiger partial charge in [0.05, 0.1) is 7.11 Å². The van der Waals surface area contributed by atoms with Crippen LogP contribution in [0.15, 0.2) is 0 Å². The van der Waals surface area contributed by atoms with Crippen LogP contribution in [0.25, 0.3) is 0 Å². The van der Waals surface area contributed by atoms with E-state index in [4.69, 9.17) is 0 Å². The highest BCUT2D eigenvalue weighted by Crippen LogP contribution is 2.49. The average molecular weight is 228 g/mol. The van der Waals surface area contributed by atoms with Gasteiger partial charge in [0, 0.05) is 0 Å². The molecule has 1 N–H and O–H groups in total. The summed E-state index contributed by atoms with van der Waals surface area (Å²) in [7, 11) is 1.32. The monoisotopic (exact) mass is 228 g/mol. The molecule has 0 aliphatic heterocycles. The Labute approximate surface area is 98.2 Å². The Hall–Kier alpha value is -0.570. The average Bonchev–Trinajstić information content (AvgIpc) is 2.10. The van der Waals surface area contributed by atoms with E-state index in [-0.39, 0.29) is 16.7 Å². The van der Waals surface area contributed by atoms with Crippen molar-refractivity contribution in [2.45, 2.75) is 53.1 Å². The molecule has 0 aromatic rings. The molecule has 0 heterocycles. The van der Waals surface area contributed by atoms with Crippen molar-refractivity contribution < 1.29 is 14.6 Å². The van der Waals surface area contributed by atoms with Crippen LogP contribution >= 0.6 is 0 Å². The molecule has 1 atom stereocenters. The molecule has 3 heteroatoms. The zero-order valence-corrected chi connectivity index (χ0v) is 11.0. The van der Waals surface area contributed by atoms with Crippen LogP contribution in [0.2, 0.25) is 0 Å². The number of hydrogen-bond donors (Lipinski definition) is 1. The van der Waals surface area contributed by atoms with Gasteiger partial charge in [-0.2, -0.15) is 0 Å². The Morgan fingerprint density at radius 3 is 2.06 bits per heavy atom. The van der Waals surface area contributed by atoms with E-state index in [9.17, 15) is 9.90 Å². The summed E-state index contributed by atoms with van der Waals surface area (Å²) in [6.45, 7) is 8.80. The first-order chi connectivity index (χ1) is 7.17. The molecule has 1 rings (SSSR count). The van der Waals surface area contributed by atoms with Gasteiger partial charge in [-0.25, -0.2) is 4.79 Å². The number of rotatable bonds is 2. The standard InChI is InChI=1S/C13H24O3/c1-12(2)6-9(7-13(3,4)8-12)10(14)11(15)16-5/h9-10,14H,6-8H2,1-5H3. The van der Waals surface area contributed by atoms with E-state index in [1.165, 1.54) is 7.11 Å². The summed E-state index contributed by atoms with van der Waals surface area (Å²) in [4.78, 5) is 11.4. The molecule has 16 heavy (non-hydrogen) atoms. The van der Waals surface area contributed by atoms with Gasteiger partial charge in [-0.3, -0.25) is 0 Å². The fraction of sp³-hybridized carbons (Fsp3) is 0.923. The smallest absolute Gasteiger partial charge is 0.334 e. The van der Waals surface area contributed by atoms with Crippen molar-refractivity contribution >= 4 is 5.97 Å². The Morgan fingerprint density at radius 1 is 1.25 bits per heavy atom. The van der Waals surface area contributed by atoms with Crippen LogP contribution < -0.4 is 0 Å². The van der Waals surface area contributed by atoms with E-state index in [0.29, 0.717) is 0 Å². The van der Waals surface area contributed by atoms with Crippen molar-refractivity contribution in [1.29, 1.82) is 0 Å². The first kappa shape index (κ1) is 13.5. The van der Waals surface area contributed by atoms with E-state index in [0.717, 1.165) is 19.3 Å². The van der Waals surface area contributed by atoms with Crippen molar-refractivity contribution in [2.75, 3.05) is 7.11 Å². The van der Waals surface area contributed by atoms with E-state index >= 15 is 0 Å². The van der Waals surface area contributed by atoms with Gasteiger partial charge < -0.3 is 9.84 Å². The van der Waals surface area contributed by atoms with Crippen LogP contribution in [-0.4, -0.2) is 24.3 Å². The summed E-state index contributed by atoms with van der Waals surface area (Å²) in [5, 5.41) is 9.93. The largest absolute Gasteiger partial charge is 0.467 e. The number of ether oxygens (including phenoxy) is 1. The van der Waals surface area contributed by atoms with Crippen molar-refractivity contribution in [3.63, 3.8) is 0 Å². The van der Waals surface area contributed by atoms with E-state index < -0.39 is 12.1 Å². The first-order valence-corrected chi connectivity index (χ1v) is 5.93. The highest BCUT2D eigenvalue weighted by Gasteiger charge is 2.42. The van der Waals surface area contributed by atoms with Gasteiger partial charge in [0.1, 0.15) is 0 Å². The second kappa shape index (κ2) is 4.36. The van der Waals surface area contributed by atoms with E-state index in [1.807, 2.05) is 0 Å². The van der Waals surface area contributed by atoms with Gasteiger partial charge in [0.25, 0.3) is 0 Å². The Kier molecular flexibility index (Phi) is 3.68. The zero-order valence-electron chi connectivity index (χ0n) is 11.0. The summed E-state index contributed by atoms with van der Waals surface area (Å²) < 4.78 is 4.61. The first-order valence-electron chi connectivity index (χ1n) is 5.93. The van der Waals surface area contributed by atoms with Crippen molar-refractivity contribution in [1.82, 2.24) is 0 Å². The molecule has 0 aromatic carbocycles. The molecule has 1 saturated carbocycles. The lowest BCUT2D eigenvalue weighted by molar-refractivity contribution is -0.156. The zero-order chi connectivity index (χ0) is 12.6. The maximum Gasteiger partial charge on any atom is 0.334 e. The molecule has 1 aliphatic rings. The van der Waals surface area contributed by atoms with Crippen molar-refractivity contribution in [3.05, 3.63) is 0 Å². The normalized spacial score (nSPS) is 26.1. The topological polar surface area (TPSA) is 46.5 Å². The quantitative estimate of drug-likeness (QED) is 0.738. The highest BCUT2D eigenvalue weighted by atomic mass is 16.5. The number of aliphatic hydroxyl groups is 1. The number of esters is 1. The third-order valence-electron chi connectivity index (χ3n) is 3.48. The maximum absolute atomic E-state index is 11.4. The lowest BCUT2D eigenvalue weighted by Gasteiger charge is -2.45. The third kappa shape index (κ3) is 3.21. The minimum Gasteiger partial charge on any atom is -0.467 e. The molecular formula is C13H24O3. The molecule has 1 fully saturated rings. The van der Waals surface area contributed by atoms with E-state index in [2.05, 4.69) is 32.4 Å².